The van der Waals surface area contributed by atoms with Gasteiger partial charge in [0.15, 0.2) is 0 Å². The number of rotatable bonds is 0. The topological polar surface area (TPSA) is 0 Å². The van der Waals surface area contributed by atoms with E-state index in [-0.39, 0.29) is 73.8 Å². The molecule has 0 aliphatic rings. The predicted octanol–water partition coefficient (Wildman–Crippen LogP) is -1.08. The maximum atomic E-state index is 0. The second-order valence-electron chi connectivity index (χ2n) is 0. The fraction of sp³-hybridized carbons (Fsp3) is 0. The summed E-state index contributed by atoms with van der Waals surface area (Å²) in [5.74, 6) is 0. The van der Waals surface area contributed by atoms with Crippen LogP contribution in [0.15, 0.2) is 0 Å². The van der Waals surface area contributed by atoms with Crippen LogP contribution in [0.25, 0.3) is 0 Å². The van der Waals surface area contributed by atoms with E-state index in [4.69, 9.17) is 0 Å². The third kappa shape index (κ3) is 23.7. The smallest absolute Gasteiger partial charge is 0.813 e. The average Bonchev–Trinajstić information content (AvgIpc) is 0. The van der Waals surface area contributed by atoms with Gasteiger partial charge in [-0.2, -0.15) is 0 Å². The zero-order valence-corrected chi connectivity index (χ0v) is 8.26. The molecule has 0 aromatic heterocycles. The Morgan fingerprint density at radius 2 is 0.400 bits per heavy atom. The van der Waals surface area contributed by atoms with Gasteiger partial charge in [-0.15, -0.1) is 0 Å². The van der Waals surface area contributed by atoms with Gasteiger partial charge in [-0.05, 0) is 0 Å². The van der Waals surface area contributed by atoms with Gasteiger partial charge in [0, 0.05) is 0 Å². The van der Waals surface area contributed by atoms with E-state index in [1.807, 2.05) is 0 Å². The summed E-state index contributed by atoms with van der Waals surface area (Å²) in [6.07, 6.45) is 0. The van der Waals surface area contributed by atoms with Crippen LogP contribution in [-0.2, 0) is 73.8 Å². The third-order valence-electron chi connectivity index (χ3n) is 0. The predicted molar refractivity (Wildman–Crippen MR) is 35.0 cm³/mol. The molecule has 0 rings (SSSR count). The molecule has 0 aromatic rings. The van der Waals surface area contributed by atoms with Crippen molar-refractivity contribution in [2.75, 3.05) is 0 Å². The van der Waals surface area contributed by atoms with Gasteiger partial charge in [0.05, 0.1) is 0 Å². The maximum Gasteiger partial charge on any atom is 4.00 e. The molecule has 0 heterocycles. The van der Waals surface area contributed by atoms with Gasteiger partial charge in [0.25, 0.3) is 0 Å². The molecule has 0 aromatic carbocycles. The molecule has 0 aliphatic heterocycles. The fourth-order valence-corrected chi connectivity index (χ4v) is 0. The zero-order chi connectivity index (χ0) is 0. The molecule has 5 heteroatoms. The largest absolute Gasteiger partial charge is 4.00 e. The van der Waals surface area contributed by atoms with Gasteiger partial charge >= 0.3 is 19.8 Å². The minimum Gasteiger partial charge on any atom is -0.813 e. The molecule has 0 fully saturated rings. The van der Waals surface area contributed by atoms with E-state index in [1.165, 1.54) is 0 Å². The van der Waals surface area contributed by atoms with Crippen molar-refractivity contribution >= 4 is 54.0 Å². The Labute approximate surface area is 73.3 Å². The molecule has 0 amide bonds. The van der Waals surface area contributed by atoms with Crippen molar-refractivity contribution in [3.8, 4) is 0 Å². The van der Waals surface area contributed by atoms with Crippen molar-refractivity contribution in [3.05, 3.63) is 0 Å². The van der Waals surface area contributed by atoms with E-state index in [1.54, 1.807) is 0 Å². The van der Waals surface area contributed by atoms with Gasteiger partial charge < -0.3 is 54.0 Å². The second-order valence-corrected chi connectivity index (χ2v) is 0. The summed E-state index contributed by atoms with van der Waals surface area (Å²) in [6.45, 7) is 0. The first-order valence-corrected chi connectivity index (χ1v) is 0. The molecule has 0 N–H and O–H groups in total. The Balaban J connectivity index is 0. The molecule has 0 saturated carbocycles. The standard InChI is InChI=1S/Os.4H2S/h;4*1H2/q+4;;;;/p-4. The Kier molecular flexibility index (Phi) is 457. The Morgan fingerprint density at radius 3 is 0.400 bits per heavy atom. The van der Waals surface area contributed by atoms with Crippen molar-refractivity contribution in [2.45, 2.75) is 0 Å². The summed E-state index contributed by atoms with van der Waals surface area (Å²) in [6, 6.07) is 0. The molecule has 0 aliphatic carbocycles. The third-order valence-corrected chi connectivity index (χ3v) is 0. The molecule has 0 atom stereocenters. The molecule has 0 saturated heterocycles. The van der Waals surface area contributed by atoms with Crippen molar-refractivity contribution < 1.29 is 19.8 Å². The molecular formula is H4OsS4. The Hall–Kier alpha value is 2.04. The summed E-state index contributed by atoms with van der Waals surface area (Å²) >= 11 is 0. The number of thiol groups is 4. The van der Waals surface area contributed by atoms with E-state index in [2.05, 4.69) is 0 Å². The van der Waals surface area contributed by atoms with Crippen LogP contribution < -0.4 is 0 Å². The van der Waals surface area contributed by atoms with Crippen LogP contribution in [0, 0.1) is 0 Å². The van der Waals surface area contributed by atoms with Gasteiger partial charge in [0.1, 0.15) is 0 Å². The van der Waals surface area contributed by atoms with Gasteiger partial charge in [-0.1, -0.05) is 0 Å². The maximum absolute atomic E-state index is 0. The molecular weight excluding hydrogens is 318 g/mol. The summed E-state index contributed by atoms with van der Waals surface area (Å²) in [5.41, 5.74) is 0. The van der Waals surface area contributed by atoms with Crippen LogP contribution in [-0.4, -0.2) is 0 Å². The normalized spacial score (nSPS) is 0. The minimum absolute atomic E-state index is 0. The SMILES string of the molecule is [Os+4].[SH-].[SH-].[SH-].[SH-]. The first-order valence-electron chi connectivity index (χ1n) is 0. The van der Waals surface area contributed by atoms with E-state index >= 15 is 0 Å². The first-order chi connectivity index (χ1) is 0. The Bertz CT molecular complexity index is 3.61. The van der Waals surface area contributed by atoms with Crippen LogP contribution in [0.1, 0.15) is 0 Å². The van der Waals surface area contributed by atoms with Crippen LogP contribution in [0.3, 0.4) is 0 Å². The molecule has 0 radical (unpaired) electrons. The fourth-order valence-electron chi connectivity index (χ4n) is 0. The van der Waals surface area contributed by atoms with Crippen LogP contribution in [0.5, 0.6) is 0 Å². The second kappa shape index (κ2) is 36.9. The summed E-state index contributed by atoms with van der Waals surface area (Å²) in [7, 11) is 0. The van der Waals surface area contributed by atoms with Gasteiger partial charge in [-0.25, -0.2) is 0 Å². The molecule has 0 bridgehead atoms. The monoisotopic (exact) mass is 324 g/mol. The Morgan fingerprint density at radius 1 is 0.400 bits per heavy atom. The molecule has 5 heavy (non-hydrogen) atoms. The molecule has 0 spiro atoms. The minimum atomic E-state index is 0. The van der Waals surface area contributed by atoms with E-state index in [0.717, 1.165) is 0 Å². The van der Waals surface area contributed by atoms with E-state index in [0.29, 0.717) is 0 Å². The van der Waals surface area contributed by atoms with Crippen molar-refractivity contribution in [1.29, 1.82) is 0 Å². The van der Waals surface area contributed by atoms with Crippen LogP contribution in [0.4, 0.5) is 0 Å². The number of hydrogen-bond donors (Lipinski definition) is 0. The van der Waals surface area contributed by atoms with E-state index < -0.39 is 0 Å². The van der Waals surface area contributed by atoms with Crippen LogP contribution in [0.2, 0.25) is 0 Å². The van der Waals surface area contributed by atoms with Crippen molar-refractivity contribution in [2.24, 2.45) is 0 Å². The summed E-state index contributed by atoms with van der Waals surface area (Å²) < 4.78 is 0. The zero-order valence-electron chi connectivity index (χ0n) is 2.14. The van der Waals surface area contributed by atoms with E-state index in [9.17, 15) is 0 Å². The van der Waals surface area contributed by atoms with Gasteiger partial charge in [0.2, 0.25) is 0 Å². The number of hydrogen-bond acceptors (Lipinski definition) is 4. The molecule has 0 nitrogen and oxygen atoms in total. The summed E-state index contributed by atoms with van der Waals surface area (Å²) in [5, 5.41) is 0. The van der Waals surface area contributed by atoms with Gasteiger partial charge in [-0.3, -0.25) is 0 Å². The van der Waals surface area contributed by atoms with Crippen molar-refractivity contribution in [3.63, 3.8) is 0 Å². The quantitative estimate of drug-likeness (QED) is 0.411. The summed E-state index contributed by atoms with van der Waals surface area (Å²) in [4.78, 5) is 0. The molecule has 36 valence electrons. The molecule has 0 unspecified atom stereocenters. The average molecular weight is 323 g/mol. The van der Waals surface area contributed by atoms with Crippen LogP contribution >= 0.6 is 0 Å². The first kappa shape index (κ1) is 61.8. The van der Waals surface area contributed by atoms with Crippen molar-refractivity contribution in [1.82, 2.24) is 0 Å².